The highest BCUT2D eigenvalue weighted by Gasteiger charge is 2.17. The van der Waals surface area contributed by atoms with Crippen molar-refractivity contribution in [1.82, 2.24) is 19.9 Å². The number of pyridine rings is 1. The fourth-order valence-corrected chi connectivity index (χ4v) is 1.97. The van der Waals surface area contributed by atoms with Gasteiger partial charge in [-0.1, -0.05) is 6.92 Å². The summed E-state index contributed by atoms with van der Waals surface area (Å²) in [5, 5.41) is 2.89. The smallest absolute Gasteiger partial charge is 0.242 e. The van der Waals surface area contributed by atoms with Crippen molar-refractivity contribution >= 4 is 11.7 Å². The van der Waals surface area contributed by atoms with Crippen molar-refractivity contribution in [2.24, 2.45) is 0 Å². The van der Waals surface area contributed by atoms with Crippen LogP contribution in [0.4, 0.5) is 5.82 Å². The number of nitrogens with two attached hydrogens (primary N) is 1. The lowest BCUT2D eigenvalue weighted by molar-refractivity contribution is -0.123. The maximum atomic E-state index is 12.1. The number of hydrogen-bond acceptors (Lipinski definition) is 4. The average molecular weight is 273 g/mol. The molecule has 6 nitrogen and oxygen atoms in total. The highest BCUT2D eigenvalue weighted by Crippen LogP contribution is 2.23. The summed E-state index contributed by atoms with van der Waals surface area (Å²) in [7, 11) is 0. The van der Waals surface area contributed by atoms with Crippen molar-refractivity contribution < 1.29 is 4.79 Å². The van der Waals surface area contributed by atoms with E-state index in [1.54, 1.807) is 24.8 Å². The molecule has 2 heterocycles. The van der Waals surface area contributed by atoms with Gasteiger partial charge in [-0.15, -0.1) is 0 Å². The number of anilines is 1. The Hall–Kier alpha value is -2.37. The molecular weight excluding hydrogens is 254 g/mol. The van der Waals surface area contributed by atoms with Crippen LogP contribution < -0.4 is 11.1 Å². The van der Waals surface area contributed by atoms with Crippen LogP contribution in [0.15, 0.2) is 30.9 Å². The van der Waals surface area contributed by atoms with Crippen LogP contribution >= 0.6 is 0 Å². The van der Waals surface area contributed by atoms with Gasteiger partial charge in [-0.2, -0.15) is 0 Å². The van der Waals surface area contributed by atoms with Crippen molar-refractivity contribution in [1.29, 1.82) is 0 Å². The number of nitrogens with zero attached hydrogens (tertiary/aromatic N) is 3. The van der Waals surface area contributed by atoms with Crippen LogP contribution in [0.2, 0.25) is 0 Å². The van der Waals surface area contributed by atoms with Gasteiger partial charge in [0.25, 0.3) is 0 Å². The van der Waals surface area contributed by atoms with Gasteiger partial charge in [-0.05, 0) is 25.5 Å². The van der Waals surface area contributed by atoms with Crippen LogP contribution in [0.3, 0.4) is 0 Å². The minimum absolute atomic E-state index is 0.0203. The van der Waals surface area contributed by atoms with E-state index >= 15 is 0 Å². The van der Waals surface area contributed by atoms with Crippen molar-refractivity contribution in [3.8, 4) is 11.3 Å². The molecule has 2 aromatic heterocycles. The van der Waals surface area contributed by atoms with E-state index in [0.717, 1.165) is 17.7 Å². The van der Waals surface area contributed by atoms with Crippen LogP contribution in [-0.4, -0.2) is 27.0 Å². The second-order valence-electron chi connectivity index (χ2n) is 4.62. The summed E-state index contributed by atoms with van der Waals surface area (Å²) in [5.41, 5.74) is 7.44. The van der Waals surface area contributed by atoms with E-state index < -0.39 is 0 Å². The first kappa shape index (κ1) is 14.0. The van der Waals surface area contributed by atoms with Crippen LogP contribution in [0.1, 0.15) is 26.3 Å². The zero-order chi connectivity index (χ0) is 14.5. The first-order valence-corrected chi connectivity index (χ1v) is 6.65. The van der Waals surface area contributed by atoms with Crippen molar-refractivity contribution in [2.75, 3.05) is 12.3 Å². The van der Waals surface area contributed by atoms with E-state index in [-0.39, 0.29) is 11.9 Å². The minimum Gasteiger partial charge on any atom is -0.384 e. The Balaban J connectivity index is 2.26. The Bertz CT molecular complexity index is 593. The molecule has 106 valence electrons. The minimum atomic E-state index is -0.326. The Morgan fingerprint density at radius 3 is 3.05 bits per heavy atom. The third-order valence-corrected chi connectivity index (χ3v) is 3.09. The van der Waals surface area contributed by atoms with Gasteiger partial charge < -0.3 is 15.6 Å². The van der Waals surface area contributed by atoms with Crippen molar-refractivity contribution in [2.45, 2.75) is 26.3 Å². The molecule has 2 aromatic rings. The lowest BCUT2D eigenvalue weighted by atomic mass is 10.2. The number of carbonyl (C=O) groups is 1. The third-order valence-electron chi connectivity index (χ3n) is 3.09. The fourth-order valence-electron chi connectivity index (χ4n) is 1.97. The maximum absolute atomic E-state index is 12.1. The van der Waals surface area contributed by atoms with Gasteiger partial charge in [-0.3, -0.25) is 4.79 Å². The largest absolute Gasteiger partial charge is 0.384 e. The molecule has 20 heavy (non-hydrogen) atoms. The molecule has 0 radical (unpaired) electrons. The monoisotopic (exact) mass is 273 g/mol. The summed E-state index contributed by atoms with van der Waals surface area (Å²) >= 11 is 0. The zero-order valence-electron chi connectivity index (χ0n) is 11.7. The summed E-state index contributed by atoms with van der Waals surface area (Å²) in [6.07, 6.45) is 5.93. The summed E-state index contributed by atoms with van der Waals surface area (Å²) in [5.74, 6) is 0.423. The number of nitrogen functional groups attached to an aromatic ring is 1. The predicted octanol–water partition coefficient (Wildman–Crippen LogP) is 1.61. The molecule has 0 saturated carbocycles. The summed E-state index contributed by atoms with van der Waals surface area (Å²) in [6, 6.07) is 3.29. The van der Waals surface area contributed by atoms with Gasteiger partial charge in [0, 0.05) is 18.3 Å². The zero-order valence-corrected chi connectivity index (χ0v) is 11.7. The molecule has 0 aliphatic rings. The molecule has 1 atom stereocenters. The first-order chi connectivity index (χ1) is 9.63. The van der Waals surface area contributed by atoms with Gasteiger partial charge >= 0.3 is 0 Å². The molecule has 1 unspecified atom stereocenters. The number of amides is 1. The Morgan fingerprint density at radius 2 is 2.35 bits per heavy atom. The highest BCUT2D eigenvalue weighted by atomic mass is 16.2. The number of aromatic nitrogens is 3. The predicted molar refractivity (Wildman–Crippen MR) is 77.9 cm³/mol. The van der Waals surface area contributed by atoms with Crippen LogP contribution in [0, 0.1) is 0 Å². The van der Waals surface area contributed by atoms with Gasteiger partial charge in [0.1, 0.15) is 11.9 Å². The molecule has 6 heteroatoms. The number of nitrogens with one attached hydrogen (secondary N) is 1. The van der Waals surface area contributed by atoms with Crippen LogP contribution in [0.5, 0.6) is 0 Å². The molecule has 0 bridgehead atoms. The summed E-state index contributed by atoms with van der Waals surface area (Å²) in [6.45, 7) is 4.55. The molecule has 0 aliphatic carbocycles. The third kappa shape index (κ3) is 2.96. The highest BCUT2D eigenvalue weighted by molar-refractivity contribution is 5.80. The molecule has 1 amide bonds. The van der Waals surface area contributed by atoms with E-state index in [9.17, 15) is 4.79 Å². The molecule has 0 spiro atoms. The molecule has 0 fully saturated rings. The van der Waals surface area contributed by atoms with Gasteiger partial charge in [0.05, 0.1) is 18.2 Å². The van der Waals surface area contributed by atoms with Gasteiger partial charge in [0.15, 0.2) is 0 Å². The lowest BCUT2D eigenvalue weighted by Crippen LogP contribution is -2.31. The topological polar surface area (TPSA) is 85.8 Å². The normalized spacial score (nSPS) is 12.1. The molecule has 0 saturated heterocycles. The van der Waals surface area contributed by atoms with E-state index in [4.69, 9.17) is 5.73 Å². The number of hydrogen-bond donors (Lipinski definition) is 2. The Labute approximate surface area is 118 Å². The molecule has 2 rings (SSSR count). The lowest BCUT2D eigenvalue weighted by Gasteiger charge is -2.16. The van der Waals surface area contributed by atoms with Crippen molar-refractivity contribution in [3.63, 3.8) is 0 Å². The van der Waals surface area contributed by atoms with Crippen molar-refractivity contribution in [3.05, 3.63) is 30.9 Å². The molecular formula is C14H19N5O. The summed E-state index contributed by atoms with van der Waals surface area (Å²) in [4.78, 5) is 20.2. The number of imidazole rings is 1. The molecule has 0 aromatic carbocycles. The van der Waals surface area contributed by atoms with E-state index in [2.05, 4.69) is 15.3 Å². The number of rotatable bonds is 5. The standard InChI is InChI=1S/C14H19N5O/c1-3-5-18-14(20)10(2)19-9-16-8-12(19)11-4-6-17-13(15)7-11/h4,6-10H,3,5H2,1-2H3,(H2,15,17)(H,18,20). The van der Waals surface area contributed by atoms with E-state index in [1.807, 2.05) is 24.5 Å². The molecule has 3 N–H and O–H groups in total. The second-order valence-corrected chi connectivity index (χ2v) is 4.62. The first-order valence-electron chi connectivity index (χ1n) is 6.65. The second kappa shape index (κ2) is 6.18. The summed E-state index contributed by atoms with van der Waals surface area (Å²) < 4.78 is 1.83. The quantitative estimate of drug-likeness (QED) is 0.866. The number of carbonyl (C=O) groups excluding carboxylic acids is 1. The van der Waals surface area contributed by atoms with Gasteiger partial charge in [-0.25, -0.2) is 9.97 Å². The van der Waals surface area contributed by atoms with E-state index in [0.29, 0.717) is 12.4 Å². The Kier molecular flexibility index (Phi) is 4.34. The van der Waals surface area contributed by atoms with Crippen LogP contribution in [0.25, 0.3) is 11.3 Å². The fraction of sp³-hybridized carbons (Fsp3) is 0.357. The SMILES string of the molecule is CCCNC(=O)C(C)n1cncc1-c1ccnc(N)c1. The van der Waals surface area contributed by atoms with E-state index in [1.165, 1.54) is 0 Å². The maximum Gasteiger partial charge on any atom is 0.242 e. The molecule has 0 aliphatic heterocycles. The average Bonchev–Trinajstić information content (AvgIpc) is 2.93. The van der Waals surface area contributed by atoms with Gasteiger partial charge in [0.2, 0.25) is 5.91 Å². The Morgan fingerprint density at radius 1 is 1.55 bits per heavy atom. The van der Waals surface area contributed by atoms with Crippen LogP contribution in [-0.2, 0) is 4.79 Å².